The molecule has 0 spiro atoms. The highest BCUT2D eigenvalue weighted by atomic mass is 16.6. The molecule has 0 amide bonds. The van der Waals surface area contributed by atoms with Gasteiger partial charge in [-0.15, -0.1) is 0 Å². The summed E-state index contributed by atoms with van der Waals surface area (Å²) in [5, 5.41) is 3.66. The first kappa shape index (κ1) is 8.78. The summed E-state index contributed by atoms with van der Waals surface area (Å²) in [5.41, 5.74) is 1.33. The fraction of sp³-hybridized carbons (Fsp3) is 0.300. The van der Waals surface area contributed by atoms with E-state index >= 15 is 0 Å². The minimum atomic E-state index is 0.928. The van der Waals surface area contributed by atoms with Crippen LogP contribution in [0, 0.1) is 0 Å². The molecule has 0 aliphatic carbocycles. The van der Waals surface area contributed by atoms with Crippen molar-refractivity contribution in [2.75, 3.05) is 7.11 Å². The van der Waals surface area contributed by atoms with Crippen LogP contribution < -0.4 is 0 Å². The van der Waals surface area contributed by atoms with E-state index in [4.69, 9.17) is 0 Å². The van der Waals surface area contributed by atoms with Gasteiger partial charge in [0, 0.05) is 6.21 Å². The quantitative estimate of drug-likeness (QED) is 0.492. The monoisotopic (exact) mass is 163 g/mol. The molecule has 12 heavy (non-hydrogen) atoms. The summed E-state index contributed by atoms with van der Waals surface area (Å²) in [6, 6.07) is 10.3. The van der Waals surface area contributed by atoms with Gasteiger partial charge in [-0.1, -0.05) is 35.5 Å². The molecule has 0 saturated heterocycles. The molecule has 1 rings (SSSR count). The van der Waals surface area contributed by atoms with Crippen LogP contribution in [0.15, 0.2) is 35.5 Å². The molecule has 1 aromatic rings. The molecule has 64 valence electrons. The Morgan fingerprint density at radius 2 is 2.08 bits per heavy atom. The van der Waals surface area contributed by atoms with Gasteiger partial charge in [-0.2, -0.15) is 0 Å². The number of rotatable bonds is 4. The van der Waals surface area contributed by atoms with Crippen molar-refractivity contribution in [1.82, 2.24) is 0 Å². The largest absolute Gasteiger partial charge is 0.399 e. The number of hydrogen-bond donors (Lipinski definition) is 0. The second kappa shape index (κ2) is 5.35. The summed E-state index contributed by atoms with van der Waals surface area (Å²) >= 11 is 0. The van der Waals surface area contributed by atoms with Crippen molar-refractivity contribution in [1.29, 1.82) is 0 Å². The van der Waals surface area contributed by atoms with E-state index in [1.807, 2.05) is 18.2 Å². The minimum Gasteiger partial charge on any atom is -0.399 e. The molecule has 0 atom stereocenters. The Morgan fingerprint density at radius 3 is 2.75 bits per heavy atom. The topological polar surface area (TPSA) is 21.6 Å². The van der Waals surface area contributed by atoms with Gasteiger partial charge in [0.25, 0.3) is 0 Å². The van der Waals surface area contributed by atoms with Crippen LogP contribution >= 0.6 is 0 Å². The van der Waals surface area contributed by atoms with E-state index in [1.54, 1.807) is 13.3 Å². The van der Waals surface area contributed by atoms with Crippen LogP contribution in [0.3, 0.4) is 0 Å². The molecule has 0 bridgehead atoms. The summed E-state index contributed by atoms with van der Waals surface area (Å²) in [6.45, 7) is 0. The first-order valence-electron chi connectivity index (χ1n) is 4.02. The third-order valence-electron chi connectivity index (χ3n) is 1.58. The van der Waals surface area contributed by atoms with E-state index in [9.17, 15) is 0 Å². The van der Waals surface area contributed by atoms with E-state index in [2.05, 4.69) is 22.1 Å². The molecule has 0 unspecified atom stereocenters. The van der Waals surface area contributed by atoms with Crippen LogP contribution in [-0.4, -0.2) is 13.3 Å². The van der Waals surface area contributed by atoms with Crippen molar-refractivity contribution < 1.29 is 4.84 Å². The molecule has 2 nitrogen and oxygen atoms in total. The Balaban J connectivity index is 2.29. The highest BCUT2D eigenvalue weighted by Gasteiger charge is 1.87. The van der Waals surface area contributed by atoms with Crippen LogP contribution in [0.5, 0.6) is 0 Å². The van der Waals surface area contributed by atoms with Crippen molar-refractivity contribution in [3.63, 3.8) is 0 Å². The molecule has 0 N–H and O–H groups in total. The second-order valence-corrected chi connectivity index (χ2v) is 2.49. The molecule has 2 heteroatoms. The molecule has 0 radical (unpaired) electrons. The molecule has 0 aliphatic rings. The zero-order valence-corrected chi connectivity index (χ0v) is 7.23. The van der Waals surface area contributed by atoms with E-state index in [-0.39, 0.29) is 0 Å². The fourth-order valence-electron chi connectivity index (χ4n) is 1.00. The number of nitrogens with zero attached hydrogens (tertiary/aromatic N) is 1. The maximum atomic E-state index is 4.55. The minimum absolute atomic E-state index is 0.928. The van der Waals surface area contributed by atoms with Crippen LogP contribution in [0.1, 0.15) is 12.0 Å². The van der Waals surface area contributed by atoms with E-state index < -0.39 is 0 Å². The first-order valence-corrected chi connectivity index (χ1v) is 4.02. The lowest BCUT2D eigenvalue weighted by Gasteiger charge is -1.95. The van der Waals surface area contributed by atoms with Gasteiger partial charge in [0.2, 0.25) is 0 Å². The predicted molar refractivity (Wildman–Crippen MR) is 50.3 cm³/mol. The van der Waals surface area contributed by atoms with Gasteiger partial charge < -0.3 is 4.84 Å². The van der Waals surface area contributed by atoms with Crippen LogP contribution in [0.25, 0.3) is 0 Å². The van der Waals surface area contributed by atoms with Crippen LogP contribution in [0.2, 0.25) is 0 Å². The summed E-state index contributed by atoms with van der Waals surface area (Å²) in [4.78, 5) is 4.55. The lowest BCUT2D eigenvalue weighted by atomic mass is 10.1. The third-order valence-corrected chi connectivity index (χ3v) is 1.58. The summed E-state index contributed by atoms with van der Waals surface area (Å²) in [7, 11) is 1.55. The molecule has 0 aliphatic heterocycles. The van der Waals surface area contributed by atoms with Gasteiger partial charge in [0.05, 0.1) is 0 Å². The summed E-state index contributed by atoms with van der Waals surface area (Å²) in [5.74, 6) is 0. The zero-order valence-electron chi connectivity index (χ0n) is 7.23. The Labute approximate surface area is 72.9 Å². The molecule has 0 saturated carbocycles. The maximum absolute atomic E-state index is 4.55. The second-order valence-electron chi connectivity index (χ2n) is 2.49. The van der Waals surface area contributed by atoms with Gasteiger partial charge in [0.15, 0.2) is 0 Å². The van der Waals surface area contributed by atoms with E-state index in [0.717, 1.165) is 12.8 Å². The van der Waals surface area contributed by atoms with Gasteiger partial charge in [-0.3, -0.25) is 0 Å². The zero-order chi connectivity index (χ0) is 8.65. The van der Waals surface area contributed by atoms with Gasteiger partial charge in [0.1, 0.15) is 7.11 Å². The summed E-state index contributed by atoms with van der Waals surface area (Å²) < 4.78 is 0. The van der Waals surface area contributed by atoms with Crippen molar-refractivity contribution in [3.8, 4) is 0 Å². The van der Waals surface area contributed by atoms with E-state index in [1.165, 1.54) is 5.56 Å². The Bertz CT molecular complexity index is 231. The standard InChI is InChI=1S/C10H13NO/c1-12-11-9-5-8-10-6-3-2-4-7-10/h2-4,6-7,9H,5,8H2,1H3. The maximum Gasteiger partial charge on any atom is 0.106 e. The lowest BCUT2D eigenvalue weighted by Crippen LogP contribution is -1.85. The highest BCUT2D eigenvalue weighted by molar-refractivity contribution is 5.56. The number of aryl methyl sites for hydroxylation is 1. The Morgan fingerprint density at radius 1 is 1.33 bits per heavy atom. The van der Waals surface area contributed by atoms with Crippen molar-refractivity contribution >= 4 is 6.21 Å². The predicted octanol–water partition coefficient (Wildman–Crippen LogP) is 2.25. The molecule has 0 heterocycles. The first-order chi connectivity index (χ1) is 5.93. The van der Waals surface area contributed by atoms with Gasteiger partial charge in [-0.25, -0.2) is 0 Å². The molecule has 0 aromatic heterocycles. The van der Waals surface area contributed by atoms with Crippen molar-refractivity contribution in [2.45, 2.75) is 12.8 Å². The molecular weight excluding hydrogens is 150 g/mol. The Kier molecular flexibility index (Phi) is 3.92. The highest BCUT2D eigenvalue weighted by Crippen LogP contribution is 2.00. The van der Waals surface area contributed by atoms with E-state index in [0.29, 0.717) is 0 Å². The van der Waals surface area contributed by atoms with Crippen molar-refractivity contribution in [3.05, 3.63) is 35.9 Å². The average molecular weight is 163 g/mol. The van der Waals surface area contributed by atoms with Crippen LogP contribution in [-0.2, 0) is 11.3 Å². The van der Waals surface area contributed by atoms with Gasteiger partial charge in [-0.05, 0) is 18.4 Å². The van der Waals surface area contributed by atoms with Crippen LogP contribution in [0.4, 0.5) is 0 Å². The SMILES string of the molecule is CON=CCCc1ccccc1. The average Bonchev–Trinajstić information content (AvgIpc) is 2.14. The smallest absolute Gasteiger partial charge is 0.106 e. The number of benzene rings is 1. The molecule has 0 fully saturated rings. The molecule has 1 aromatic carbocycles. The summed E-state index contributed by atoms with van der Waals surface area (Å²) in [6.07, 6.45) is 3.73. The number of hydrogen-bond acceptors (Lipinski definition) is 2. The normalized spacial score (nSPS) is 10.4. The lowest BCUT2D eigenvalue weighted by molar-refractivity contribution is 0.214. The fourth-order valence-corrected chi connectivity index (χ4v) is 1.00. The Hall–Kier alpha value is -1.31. The van der Waals surface area contributed by atoms with Crippen molar-refractivity contribution in [2.24, 2.45) is 5.16 Å². The third kappa shape index (κ3) is 3.19. The number of oxime groups is 1. The molecular formula is C10H13NO. The van der Waals surface area contributed by atoms with Gasteiger partial charge >= 0.3 is 0 Å².